The zero-order valence-electron chi connectivity index (χ0n) is 3.94. The fourth-order valence-corrected chi connectivity index (χ4v) is 0.233. The van der Waals surface area contributed by atoms with Crippen molar-refractivity contribution in [3.8, 4) is 0 Å². The van der Waals surface area contributed by atoms with Crippen molar-refractivity contribution in [1.82, 2.24) is 5.48 Å². The summed E-state index contributed by atoms with van der Waals surface area (Å²) in [5.41, 5.74) is 1.67. The van der Waals surface area contributed by atoms with Crippen LogP contribution in [0.3, 0.4) is 0 Å². The van der Waals surface area contributed by atoms with E-state index in [0.29, 0.717) is 19.4 Å². The van der Waals surface area contributed by atoms with Crippen LogP contribution in [0.25, 0.3) is 0 Å². The van der Waals surface area contributed by atoms with Crippen LogP contribution in [0.1, 0.15) is 12.8 Å². The van der Waals surface area contributed by atoms with Gasteiger partial charge in [0.2, 0.25) is 0 Å². The molecule has 0 spiro atoms. The number of nitrogens with one attached hydrogen (secondary N) is 1. The highest BCUT2D eigenvalue weighted by Crippen LogP contribution is 1.77. The highest BCUT2D eigenvalue weighted by molar-refractivity contribution is 5.50. The lowest BCUT2D eigenvalue weighted by Gasteiger charge is -1.85. The van der Waals surface area contributed by atoms with E-state index < -0.39 is 0 Å². The van der Waals surface area contributed by atoms with Crippen LogP contribution in [0, 0.1) is 0 Å². The summed E-state index contributed by atoms with van der Waals surface area (Å²) in [5, 5.41) is 9.42. The van der Waals surface area contributed by atoms with Gasteiger partial charge in [-0.05, 0) is 6.42 Å². The molecule has 0 bridgehead atoms. The Balaban J connectivity index is 2.56. The maximum atomic E-state index is 9.42. The highest BCUT2D eigenvalue weighted by Gasteiger charge is 1.81. The molecule has 0 saturated carbocycles. The summed E-state index contributed by atoms with van der Waals surface area (Å²) in [7, 11) is 0. The molecule has 2 radical (unpaired) electrons. The first-order valence-electron chi connectivity index (χ1n) is 2.12. The Hall–Kier alpha value is -0.410. The summed E-state index contributed by atoms with van der Waals surface area (Å²) in [5.74, 6) is 0. The minimum Gasteiger partial charge on any atom is -0.291 e. The number of carbonyl (C=O) groups excluding carboxylic acids is 1. The molecule has 0 atom stereocenters. The van der Waals surface area contributed by atoms with Crippen LogP contribution in [0.4, 0.5) is 0 Å². The lowest BCUT2D eigenvalue weighted by molar-refractivity contribution is 0.0759. The topological polar surface area (TPSA) is 49.0 Å². The molecule has 0 amide bonds. The smallest absolute Gasteiger partial charge is 0.198 e. The predicted molar refractivity (Wildman–Crippen MR) is 23.6 cm³/mol. The molecule has 0 fully saturated rings. The third-order valence-corrected chi connectivity index (χ3v) is 0.558. The summed E-state index contributed by atoms with van der Waals surface area (Å²) < 4.78 is 0. The van der Waals surface area contributed by atoms with Gasteiger partial charge in [-0.2, -0.15) is 5.48 Å². The highest BCUT2D eigenvalue weighted by atomic mass is 16.5. The minimum absolute atomic E-state index is 0.356. The van der Waals surface area contributed by atoms with Crippen LogP contribution in [-0.2, 0) is 10.0 Å². The first-order valence-corrected chi connectivity index (χ1v) is 2.12. The lowest BCUT2D eigenvalue weighted by atomic mass is 10.3. The molecule has 0 aliphatic rings. The fraction of sp³-hybridized carbons (Fsp3) is 0.750. The van der Waals surface area contributed by atoms with E-state index in [2.05, 4.69) is 0 Å². The molecule has 40 valence electrons. The molecular weight excluding hydrogens is 94.0 g/mol. The molecule has 3 nitrogen and oxygen atoms in total. The summed E-state index contributed by atoms with van der Waals surface area (Å²) in [6.45, 7) is 0.356. The van der Waals surface area contributed by atoms with Crippen molar-refractivity contribution in [3.05, 3.63) is 0 Å². The molecule has 1 N–H and O–H groups in total. The van der Waals surface area contributed by atoms with Gasteiger partial charge >= 0.3 is 0 Å². The van der Waals surface area contributed by atoms with Crippen molar-refractivity contribution in [3.63, 3.8) is 0 Å². The van der Waals surface area contributed by atoms with Gasteiger partial charge in [-0.3, -0.25) is 4.79 Å². The zero-order valence-corrected chi connectivity index (χ0v) is 3.94. The molecular formula is C4H7NO2. The van der Waals surface area contributed by atoms with Gasteiger partial charge in [0.25, 0.3) is 0 Å². The minimum atomic E-state index is 0.356. The molecule has 0 aliphatic carbocycles. The molecule has 0 heterocycles. The second kappa shape index (κ2) is 5.59. The number of rotatable bonds is 4. The third kappa shape index (κ3) is 5.59. The normalized spacial score (nSPS) is 8.71. The largest absolute Gasteiger partial charge is 0.291 e. The Kier molecular flexibility index (Phi) is 5.26. The van der Waals surface area contributed by atoms with Crippen LogP contribution >= 0.6 is 0 Å². The first kappa shape index (κ1) is 6.59. The van der Waals surface area contributed by atoms with Gasteiger partial charge in [-0.25, -0.2) is 0 Å². The monoisotopic (exact) mass is 101 g/mol. The second-order valence-corrected chi connectivity index (χ2v) is 1.14. The van der Waals surface area contributed by atoms with Crippen LogP contribution in [0.5, 0.6) is 0 Å². The zero-order chi connectivity index (χ0) is 5.54. The van der Waals surface area contributed by atoms with Crippen molar-refractivity contribution < 1.29 is 10.0 Å². The van der Waals surface area contributed by atoms with Crippen LogP contribution in [0.2, 0.25) is 0 Å². The van der Waals surface area contributed by atoms with Crippen LogP contribution in [-0.4, -0.2) is 12.8 Å². The summed E-state index contributed by atoms with van der Waals surface area (Å²) in [6, 6.07) is 0. The Morgan fingerprint density at radius 1 is 1.57 bits per heavy atom. The third-order valence-electron chi connectivity index (χ3n) is 0.558. The molecule has 0 unspecified atom stereocenters. The van der Waals surface area contributed by atoms with Gasteiger partial charge in [0.05, 0.1) is 0 Å². The average Bonchev–Trinajstić information content (AvgIpc) is 1.69. The number of hydroxylamine groups is 1. The first-order chi connectivity index (χ1) is 3.41. The SMILES string of the molecule is [O]NCCC[C]=O. The molecule has 0 aliphatic heterocycles. The predicted octanol–water partition coefficient (Wildman–Crippen LogP) is -0.189. The second-order valence-electron chi connectivity index (χ2n) is 1.14. The molecule has 0 aromatic rings. The van der Waals surface area contributed by atoms with Gasteiger partial charge in [0.15, 0.2) is 6.29 Å². The van der Waals surface area contributed by atoms with Gasteiger partial charge in [0.1, 0.15) is 0 Å². The van der Waals surface area contributed by atoms with Crippen LogP contribution < -0.4 is 5.48 Å². The van der Waals surface area contributed by atoms with E-state index in [1.165, 1.54) is 0 Å². The van der Waals surface area contributed by atoms with Crippen molar-refractivity contribution in [2.45, 2.75) is 12.8 Å². The number of hydrogen-bond acceptors (Lipinski definition) is 2. The van der Waals surface area contributed by atoms with Gasteiger partial charge in [0, 0.05) is 13.0 Å². The maximum absolute atomic E-state index is 9.42. The number of unbranched alkanes of at least 4 members (excludes halogenated alkanes) is 1. The van der Waals surface area contributed by atoms with E-state index in [0.717, 1.165) is 0 Å². The van der Waals surface area contributed by atoms with E-state index in [1.54, 1.807) is 11.8 Å². The summed E-state index contributed by atoms with van der Waals surface area (Å²) in [6.07, 6.45) is 2.62. The van der Waals surface area contributed by atoms with Crippen molar-refractivity contribution in [2.75, 3.05) is 6.54 Å². The Bertz CT molecular complexity index is 47.0. The van der Waals surface area contributed by atoms with E-state index in [-0.39, 0.29) is 0 Å². The molecule has 0 saturated heterocycles. The van der Waals surface area contributed by atoms with E-state index in [9.17, 15) is 10.0 Å². The van der Waals surface area contributed by atoms with Gasteiger partial charge in [-0.1, -0.05) is 0 Å². The van der Waals surface area contributed by atoms with Crippen molar-refractivity contribution in [2.24, 2.45) is 0 Å². The van der Waals surface area contributed by atoms with Gasteiger partial charge in [-0.15, -0.1) is 5.21 Å². The van der Waals surface area contributed by atoms with E-state index in [4.69, 9.17) is 0 Å². The quantitative estimate of drug-likeness (QED) is 0.394. The molecule has 3 heteroatoms. The Morgan fingerprint density at radius 2 is 2.29 bits per heavy atom. The Labute approximate surface area is 42.3 Å². The summed E-state index contributed by atoms with van der Waals surface area (Å²) >= 11 is 0. The lowest BCUT2D eigenvalue weighted by Crippen LogP contribution is -2.05. The van der Waals surface area contributed by atoms with Gasteiger partial charge < -0.3 is 0 Å². The van der Waals surface area contributed by atoms with E-state index >= 15 is 0 Å². The molecule has 7 heavy (non-hydrogen) atoms. The number of hydrogen-bond donors (Lipinski definition) is 1. The standard InChI is InChI=1S/C4H7NO2/c6-4-2-1-3-5-7/h5H,1-3H2. The maximum Gasteiger partial charge on any atom is 0.198 e. The van der Waals surface area contributed by atoms with E-state index in [1.807, 2.05) is 0 Å². The Morgan fingerprint density at radius 3 is 2.71 bits per heavy atom. The van der Waals surface area contributed by atoms with Crippen molar-refractivity contribution >= 4 is 6.29 Å². The summed E-state index contributed by atoms with van der Waals surface area (Å²) in [4.78, 5) is 9.42. The molecule has 0 rings (SSSR count). The van der Waals surface area contributed by atoms with Crippen molar-refractivity contribution in [1.29, 1.82) is 0 Å². The average molecular weight is 101 g/mol. The molecule has 0 aromatic carbocycles. The molecule has 0 aromatic heterocycles. The fourth-order valence-electron chi connectivity index (χ4n) is 0.233. The van der Waals surface area contributed by atoms with Crippen LogP contribution in [0.15, 0.2) is 0 Å².